The Hall–Kier alpha value is -1.65. The number of thioether (sulfide) groups is 1. The minimum absolute atomic E-state index is 0.0144. The van der Waals surface area contributed by atoms with Gasteiger partial charge in [0.05, 0.1) is 17.7 Å². The van der Waals surface area contributed by atoms with Gasteiger partial charge in [0.25, 0.3) is 0 Å². The first-order valence-electron chi connectivity index (χ1n) is 7.59. The number of fused-ring (bicyclic) bond motifs is 1. The maximum atomic E-state index is 12.4. The number of anilines is 2. The van der Waals surface area contributed by atoms with Crippen molar-refractivity contribution < 1.29 is 13.2 Å². The summed E-state index contributed by atoms with van der Waals surface area (Å²) in [5.41, 5.74) is 2.15. The molecular weight excluding hydrogens is 380 g/mol. The van der Waals surface area contributed by atoms with Crippen LogP contribution < -0.4 is 9.62 Å². The summed E-state index contributed by atoms with van der Waals surface area (Å²) >= 11 is 2.74. The molecule has 1 aliphatic heterocycles. The van der Waals surface area contributed by atoms with Gasteiger partial charge in [-0.3, -0.25) is 9.10 Å². The number of nitrogens with one attached hydrogen (secondary N) is 1. The highest BCUT2D eigenvalue weighted by atomic mass is 32.2. The van der Waals surface area contributed by atoms with E-state index >= 15 is 0 Å². The van der Waals surface area contributed by atoms with Crippen molar-refractivity contribution in [3.8, 4) is 0 Å². The number of hydrogen-bond acceptors (Lipinski definition) is 8. The summed E-state index contributed by atoms with van der Waals surface area (Å²) in [4.78, 5) is 12.4. The van der Waals surface area contributed by atoms with E-state index in [0.29, 0.717) is 22.8 Å². The number of benzene rings is 1. The number of sulfonamides is 1. The molecule has 1 aromatic heterocycles. The normalized spacial score (nSPS) is 16.8. The number of hydrogen-bond donors (Lipinski definition) is 1. The van der Waals surface area contributed by atoms with Crippen LogP contribution in [0.5, 0.6) is 0 Å². The van der Waals surface area contributed by atoms with Crippen LogP contribution in [-0.4, -0.2) is 49.5 Å². The van der Waals surface area contributed by atoms with Crippen LogP contribution in [0.2, 0.25) is 0 Å². The van der Waals surface area contributed by atoms with Crippen molar-refractivity contribution in [3.05, 3.63) is 29.3 Å². The fourth-order valence-electron chi connectivity index (χ4n) is 2.86. The predicted octanol–water partition coefficient (Wildman–Crippen LogP) is 2.27. The highest BCUT2D eigenvalue weighted by Gasteiger charge is 2.32. The number of carbonyl (C=O) groups excluding carboxylic acids is 1. The molecule has 3 rings (SSSR count). The molecule has 2 aromatic rings. The van der Waals surface area contributed by atoms with E-state index < -0.39 is 10.0 Å². The molecule has 0 radical (unpaired) electrons. The van der Waals surface area contributed by atoms with E-state index in [9.17, 15) is 13.2 Å². The minimum atomic E-state index is -3.32. The Morgan fingerprint density at radius 1 is 1.44 bits per heavy atom. The van der Waals surface area contributed by atoms with Gasteiger partial charge >= 0.3 is 0 Å². The summed E-state index contributed by atoms with van der Waals surface area (Å²) in [5.74, 6) is 0.252. The lowest BCUT2D eigenvalue weighted by Gasteiger charge is -2.21. The summed E-state index contributed by atoms with van der Waals surface area (Å²) in [6.07, 6.45) is 1.81. The Kier molecular flexibility index (Phi) is 5.03. The molecule has 0 bridgehead atoms. The molecule has 1 aromatic carbocycles. The first-order chi connectivity index (χ1) is 11.8. The van der Waals surface area contributed by atoms with Crippen LogP contribution >= 0.6 is 23.1 Å². The summed E-state index contributed by atoms with van der Waals surface area (Å²) in [5, 5.41) is 11.6. The molecule has 10 heteroatoms. The van der Waals surface area contributed by atoms with Crippen molar-refractivity contribution in [1.29, 1.82) is 0 Å². The Labute approximate surface area is 154 Å². The van der Waals surface area contributed by atoms with Crippen LogP contribution in [0.4, 0.5) is 10.8 Å². The molecule has 0 aliphatic carbocycles. The second-order valence-corrected chi connectivity index (χ2v) is 9.85. The first kappa shape index (κ1) is 18.2. The number of carbonyl (C=O) groups is 1. The van der Waals surface area contributed by atoms with Gasteiger partial charge < -0.3 is 5.32 Å². The number of rotatable bonds is 6. The van der Waals surface area contributed by atoms with E-state index in [4.69, 9.17) is 0 Å². The largest absolute Gasteiger partial charge is 0.363 e. The van der Waals surface area contributed by atoms with E-state index in [0.717, 1.165) is 9.90 Å². The molecule has 0 fully saturated rings. The molecule has 25 heavy (non-hydrogen) atoms. The van der Waals surface area contributed by atoms with Crippen LogP contribution in [0, 0.1) is 0 Å². The van der Waals surface area contributed by atoms with Crippen LogP contribution in [0.25, 0.3) is 0 Å². The molecule has 134 valence electrons. The van der Waals surface area contributed by atoms with Gasteiger partial charge in [-0.05, 0) is 37.1 Å². The Morgan fingerprint density at radius 3 is 2.84 bits per heavy atom. The second-order valence-electron chi connectivity index (χ2n) is 5.79. The fourth-order valence-corrected chi connectivity index (χ4v) is 5.72. The zero-order valence-corrected chi connectivity index (χ0v) is 16.5. The molecule has 0 unspecified atom stereocenters. The number of nitrogens with zero attached hydrogens (tertiary/aromatic N) is 3. The molecule has 0 saturated carbocycles. The van der Waals surface area contributed by atoms with Crippen LogP contribution in [0.3, 0.4) is 0 Å². The van der Waals surface area contributed by atoms with E-state index in [2.05, 4.69) is 15.5 Å². The summed E-state index contributed by atoms with van der Waals surface area (Å²) in [7, 11) is -1.55. The lowest BCUT2D eigenvalue weighted by atomic mass is 10.0. The topological polar surface area (TPSA) is 92.3 Å². The lowest BCUT2D eigenvalue weighted by molar-refractivity contribution is 0.102. The third kappa shape index (κ3) is 3.80. The second kappa shape index (κ2) is 6.93. The average molecular weight is 399 g/mol. The van der Waals surface area contributed by atoms with Crippen LogP contribution in [-0.2, 0) is 16.4 Å². The van der Waals surface area contributed by atoms with Gasteiger partial charge in [0, 0.05) is 18.7 Å². The zero-order valence-electron chi connectivity index (χ0n) is 14.0. The van der Waals surface area contributed by atoms with E-state index in [1.54, 1.807) is 25.2 Å². The SMILES string of the molecule is CNc1nnc(SCC(=O)c2ccc3c(c2)C[C@@H](C)N3S(C)(=O)=O)s1. The van der Waals surface area contributed by atoms with E-state index in [-0.39, 0.29) is 17.6 Å². The Balaban J connectivity index is 1.74. The summed E-state index contributed by atoms with van der Waals surface area (Å²) in [6.45, 7) is 1.87. The number of aromatic nitrogens is 2. The zero-order chi connectivity index (χ0) is 18.2. The first-order valence-corrected chi connectivity index (χ1v) is 11.2. The molecule has 2 heterocycles. The van der Waals surface area contributed by atoms with Crippen molar-refractivity contribution in [2.24, 2.45) is 0 Å². The number of ketones is 1. The molecule has 1 atom stereocenters. The molecule has 7 nitrogen and oxygen atoms in total. The number of Topliss-reactive ketones (excluding diaryl/α,β-unsaturated/α-hetero) is 1. The quantitative estimate of drug-likeness (QED) is 0.589. The molecule has 1 N–H and O–H groups in total. The monoisotopic (exact) mass is 398 g/mol. The van der Waals surface area contributed by atoms with Crippen molar-refractivity contribution in [1.82, 2.24) is 10.2 Å². The van der Waals surface area contributed by atoms with Gasteiger partial charge in [0.2, 0.25) is 15.2 Å². The Bertz CT molecular complexity index is 910. The third-order valence-corrected chi connectivity index (χ3v) is 7.20. The lowest BCUT2D eigenvalue weighted by Crippen LogP contribution is -2.34. The van der Waals surface area contributed by atoms with Gasteiger partial charge in [-0.1, -0.05) is 23.1 Å². The van der Waals surface area contributed by atoms with Gasteiger partial charge in [-0.25, -0.2) is 8.42 Å². The third-order valence-electron chi connectivity index (χ3n) is 3.86. The highest BCUT2D eigenvalue weighted by Crippen LogP contribution is 2.35. The standard InChI is InChI=1S/C15H18N4O3S3/c1-9-6-11-7-10(4-5-12(11)19(9)25(3,21)22)13(20)8-23-15-18-17-14(16-2)24-15/h4-5,7,9H,6,8H2,1-3H3,(H,16,17)/t9-/m1/s1. The molecule has 0 amide bonds. The van der Waals surface area contributed by atoms with Gasteiger partial charge in [0.1, 0.15) is 0 Å². The summed E-state index contributed by atoms with van der Waals surface area (Å²) in [6, 6.07) is 5.09. The predicted molar refractivity (Wildman–Crippen MR) is 101 cm³/mol. The maximum absolute atomic E-state index is 12.4. The Morgan fingerprint density at radius 2 is 2.20 bits per heavy atom. The van der Waals surface area contributed by atoms with Crippen molar-refractivity contribution in [2.45, 2.75) is 23.7 Å². The van der Waals surface area contributed by atoms with Crippen LogP contribution in [0.1, 0.15) is 22.8 Å². The smallest absolute Gasteiger partial charge is 0.232 e. The molecular formula is C15H18N4O3S3. The molecule has 1 aliphatic rings. The van der Waals surface area contributed by atoms with Gasteiger partial charge in [-0.2, -0.15) is 0 Å². The highest BCUT2D eigenvalue weighted by molar-refractivity contribution is 8.01. The maximum Gasteiger partial charge on any atom is 0.232 e. The van der Waals surface area contributed by atoms with Crippen LogP contribution in [0.15, 0.2) is 22.5 Å². The average Bonchev–Trinajstić information content (AvgIpc) is 3.13. The minimum Gasteiger partial charge on any atom is -0.363 e. The summed E-state index contributed by atoms with van der Waals surface area (Å²) < 4.78 is 26.1. The fraction of sp³-hybridized carbons (Fsp3) is 0.400. The van der Waals surface area contributed by atoms with E-state index in [1.807, 2.05) is 6.92 Å². The van der Waals surface area contributed by atoms with E-state index in [1.165, 1.54) is 33.7 Å². The molecule has 0 spiro atoms. The van der Waals surface area contributed by atoms with Crippen molar-refractivity contribution >= 4 is 49.7 Å². The van der Waals surface area contributed by atoms with Gasteiger partial charge in [0.15, 0.2) is 10.1 Å². The molecule has 0 saturated heterocycles. The van der Waals surface area contributed by atoms with Crippen molar-refractivity contribution in [3.63, 3.8) is 0 Å². The van der Waals surface area contributed by atoms with Gasteiger partial charge in [-0.15, -0.1) is 10.2 Å². The van der Waals surface area contributed by atoms with Crippen molar-refractivity contribution in [2.75, 3.05) is 28.7 Å².